The van der Waals surface area contributed by atoms with Crippen molar-refractivity contribution in [2.45, 2.75) is 6.04 Å². The molecule has 0 saturated carbocycles. The minimum absolute atomic E-state index is 0.137. The van der Waals surface area contributed by atoms with Crippen LogP contribution in [-0.4, -0.2) is 12.4 Å². The van der Waals surface area contributed by atoms with Crippen LogP contribution in [0.15, 0.2) is 40.7 Å². The zero-order valence-corrected chi connectivity index (χ0v) is 5.99. The number of hydrogen-bond donors (Lipinski definition) is 2. The van der Waals surface area contributed by atoms with Gasteiger partial charge in [0.1, 0.15) is 0 Å². The van der Waals surface area contributed by atoms with Gasteiger partial charge in [0.25, 0.3) is 0 Å². The zero-order valence-electron chi connectivity index (χ0n) is 5.99. The zero-order chi connectivity index (χ0) is 7.68. The molecule has 0 radical (unpaired) electrons. The molecular weight excluding hydrogens is 138 g/mol. The lowest BCUT2D eigenvalue weighted by atomic mass is 10.00. The van der Waals surface area contributed by atoms with Gasteiger partial charge >= 0.3 is 0 Å². The van der Waals surface area contributed by atoms with Gasteiger partial charge in [0, 0.05) is 11.9 Å². The normalized spacial score (nSPS) is 26.7. The Morgan fingerprint density at radius 1 is 1.55 bits per heavy atom. The van der Waals surface area contributed by atoms with Crippen LogP contribution >= 0.6 is 0 Å². The average molecular weight is 147 g/mol. The predicted molar refractivity (Wildman–Crippen MR) is 44.9 cm³/mol. The van der Waals surface area contributed by atoms with Crippen molar-refractivity contribution in [3.63, 3.8) is 0 Å². The Kier molecular flexibility index (Phi) is 1.28. The molecule has 3 heteroatoms. The number of allylic oxidation sites excluding steroid dienone is 2. The highest BCUT2D eigenvalue weighted by Crippen LogP contribution is 2.16. The monoisotopic (exact) mass is 147 g/mol. The molecule has 0 spiro atoms. The van der Waals surface area contributed by atoms with E-state index in [9.17, 15) is 0 Å². The van der Waals surface area contributed by atoms with Crippen molar-refractivity contribution in [1.29, 1.82) is 0 Å². The minimum atomic E-state index is 0.137. The van der Waals surface area contributed by atoms with E-state index < -0.39 is 0 Å². The Balaban J connectivity index is 2.37. The lowest BCUT2D eigenvalue weighted by Crippen LogP contribution is -2.37. The van der Waals surface area contributed by atoms with Gasteiger partial charge < -0.3 is 11.1 Å². The van der Waals surface area contributed by atoms with Crippen molar-refractivity contribution in [3.05, 3.63) is 35.7 Å². The predicted octanol–water partition coefficient (Wildman–Crippen LogP) is 0.283. The van der Waals surface area contributed by atoms with Crippen LogP contribution in [0.25, 0.3) is 0 Å². The Bertz CT molecular complexity index is 284. The first-order valence-electron chi connectivity index (χ1n) is 3.49. The van der Waals surface area contributed by atoms with E-state index in [4.69, 9.17) is 5.73 Å². The molecule has 0 bridgehead atoms. The molecule has 1 aliphatic carbocycles. The summed E-state index contributed by atoms with van der Waals surface area (Å²) in [5.41, 5.74) is 7.69. The van der Waals surface area contributed by atoms with Crippen molar-refractivity contribution >= 4 is 6.34 Å². The van der Waals surface area contributed by atoms with Crippen LogP contribution in [0, 0.1) is 0 Å². The molecule has 1 atom stereocenters. The van der Waals surface area contributed by atoms with Gasteiger partial charge in [-0.15, -0.1) is 0 Å². The quantitative estimate of drug-likeness (QED) is 0.517. The summed E-state index contributed by atoms with van der Waals surface area (Å²) in [7, 11) is 0. The molecule has 11 heavy (non-hydrogen) atoms. The molecule has 1 heterocycles. The van der Waals surface area contributed by atoms with Gasteiger partial charge in [0.15, 0.2) is 0 Å². The number of fused-ring (bicyclic) bond motifs is 1. The van der Waals surface area contributed by atoms with E-state index in [0.717, 1.165) is 11.3 Å². The third-order valence-corrected chi connectivity index (χ3v) is 1.78. The number of rotatable bonds is 0. The highest BCUT2D eigenvalue weighted by atomic mass is 15.0. The summed E-state index contributed by atoms with van der Waals surface area (Å²) in [5, 5.41) is 3.07. The summed E-state index contributed by atoms with van der Waals surface area (Å²) >= 11 is 0. The highest BCUT2D eigenvalue weighted by molar-refractivity contribution is 5.62. The molecule has 3 nitrogen and oxygen atoms in total. The maximum Gasteiger partial charge on any atom is 0.0934 e. The van der Waals surface area contributed by atoms with Gasteiger partial charge in [-0.05, 0) is 11.6 Å². The first-order chi connectivity index (χ1) is 5.38. The van der Waals surface area contributed by atoms with Gasteiger partial charge in [-0.25, -0.2) is 4.99 Å². The number of nitrogens with zero attached hydrogens (tertiary/aromatic N) is 1. The fraction of sp³-hybridized carbons (Fsp3) is 0.125. The minimum Gasteiger partial charge on any atom is -0.400 e. The lowest BCUT2D eigenvalue weighted by Gasteiger charge is -2.22. The molecule has 0 aromatic heterocycles. The van der Waals surface area contributed by atoms with Crippen LogP contribution < -0.4 is 11.1 Å². The van der Waals surface area contributed by atoms with Crippen LogP contribution in [0.2, 0.25) is 0 Å². The average Bonchev–Trinajstić information content (AvgIpc) is 2.06. The van der Waals surface area contributed by atoms with E-state index in [-0.39, 0.29) is 6.04 Å². The van der Waals surface area contributed by atoms with Gasteiger partial charge in [-0.1, -0.05) is 12.2 Å². The summed E-state index contributed by atoms with van der Waals surface area (Å²) in [5.74, 6) is 0. The summed E-state index contributed by atoms with van der Waals surface area (Å²) < 4.78 is 0. The molecule has 1 aliphatic heterocycles. The third kappa shape index (κ3) is 0.941. The molecule has 0 aromatic carbocycles. The topological polar surface area (TPSA) is 50.4 Å². The second kappa shape index (κ2) is 2.27. The summed E-state index contributed by atoms with van der Waals surface area (Å²) in [4.78, 5) is 3.96. The van der Waals surface area contributed by atoms with Gasteiger partial charge in [0.2, 0.25) is 0 Å². The third-order valence-electron chi connectivity index (χ3n) is 1.78. The number of aliphatic imine (C=N–C) groups is 1. The van der Waals surface area contributed by atoms with E-state index in [1.165, 1.54) is 0 Å². The molecule has 1 unspecified atom stereocenters. The summed E-state index contributed by atoms with van der Waals surface area (Å²) in [6.45, 7) is 0. The van der Waals surface area contributed by atoms with E-state index >= 15 is 0 Å². The number of nitrogens with two attached hydrogens (primary N) is 1. The van der Waals surface area contributed by atoms with Gasteiger partial charge in [-0.3, -0.25) is 0 Å². The van der Waals surface area contributed by atoms with E-state index in [0.29, 0.717) is 0 Å². The number of hydrogen-bond acceptors (Lipinski definition) is 3. The standard InChI is InChI=1S/C8H9N3/c9-7-3-1-2-6-4-10-5-11-8(6)7/h1-5,8H,9H2,(H,10,11). The second-order valence-electron chi connectivity index (χ2n) is 2.53. The number of nitrogens with one attached hydrogen (secondary N) is 1. The second-order valence-corrected chi connectivity index (χ2v) is 2.53. The first-order valence-corrected chi connectivity index (χ1v) is 3.49. The maximum atomic E-state index is 5.73. The Morgan fingerprint density at radius 2 is 2.45 bits per heavy atom. The fourth-order valence-corrected chi connectivity index (χ4v) is 1.21. The summed E-state index contributed by atoms with van der Waals surface area (Å²) in [6.07, 6.45) is 9.31. The SMILES string of the molecule is NC1=CC=CC2=CN=CNC12. The van der Waals surface area contributed by atoms with E-state index in [2.05, 4.69) is 10.3 Å². The molecule has 0 amide bonds. The molecular formula is C8H9N3. The lowest BCUT2D eigenvalue weighted by molar-refractivity contribution is 0.781. The molecule has 56 valence electrons. The smallest absolute Gasteiger partial charge is 0.0934 e. The van der Waals surface area contributed by atoms with Gasteiger partial charge in [0.05, 0.1) is 12.4 Å². The van der Waals surface area contributed by atoms with Crippen LogP contribution in [0.3, 0.4) is 0 Å². The van der Waals surface area contributed by atoms with Crippen molar-refractivity contribution < 1.29 is 0 Å². The summed E-state index contributed by atoms with van der Waals surface area (Å²) in [6, 6.07) is 0.137. The molecule has 3 N–H and O–H groups in total. The molecule has 2 aliphatic rings. The maximum absolute atomic E-state index is 5.73. The van der Waals surface area contributed by atoms with Crippen molar-refractivity contribution in [2.75, 3.05) is 0 Å². The molecule has 0 saturated heterocycles. The first kappa shape index (κ1) is 6.22. The fourth-order valence-electron chi connectivity index (χ4n) is 1.21. The van der Waals surface area contributed by atoms with Crippen LogP contribution in [-0.2, 0) is 0 Å². The Labute approximate surface area is 65.0 Å². The Morgan fingerprint density at radius 3 is 3.27 bits per heavy atom. The molecule has 2 rings (SSSR count). The van der Waals surface area contributed by atoms with Crippen molar-refractivity contribution in [1.82, 2.24) is 5.32 Å². The van der Waals surface area contributed by atoms with E-state index in [1.807, 2.05) is 24.4 Å². The van der Waals surface area contributed by atoms with Crippen molar-refractivity contribution in [3.8, 4) is 0 Å². The largest absolute Gasteiger partial charge is 0.400 e. The Hall–Kier alpha value is -1.51. The van der Waals surface area contributed by atoms with Crippen LogP contribution in [0.1, 0.15) is 0 Å². The van der Waals surface area contributed by atoms with Crippen molar-refractivity contribution in [2.24, 2.45) is 10.7 Å². The van der Waals surface area contributed by atoms with Gasteiger partial charge in [-0.2, -0.15) is 0 Å². The highest BCUT2D eigenvalue weighted by Gasteiger charge is 2.17. The molecule has 0 fully saturated rings. The van der Waals surface area contributed by atoms with Crippen LogP contribution in [0.5, 0.6) is 0 Å². The van der Waals surface area contributed by atoms with Crippen LogP contribution in [0.4, 0.5) is 0 Å². The molecule has 0 aromatic rings. The van der Waals surface area contributed by atoms with E-state index in [1.54, 1.807) is 6.34 Å².